The first-order valence-electron chi connectivity index (χ1n) is 13.7. The lowest BCUT2D eigenvalue weighted by molar-refractivity contribution is 0.116. The monoisotopic (exact) mass is 602 g/mol. The summed E-state index contributed by atoms with van der Waals surface area (Å²) < 4.78 is 46.8. The van der Waals surface area contributed by atoms with Gasteiger partial charge in [-0.15, -0.1) is 11.8 Å². The number of rotatable bonds is 6. The number of pyridine rings is 1. The van der Waals surface area contributed by atoms with E-state index in [1.165, 1.54) is 19.2 Å². The van der Waals surface area contributed by atoms with Gasteiger partial charge in [0.15, 0.2) is 11.6 Å². The highest BCUT2D eigenvalue weighted by atomic mass is 32.2. The van der Waals surface area contributed by atoms with Crippen LogP contribution < -0.4 is 10.3 Å². The summed E-state index contributed by atoms with van der Waals surface area (Å²) >= 11 is 1.59. The average Bonchev–Trinajstić information content (AvgIpc) is 3.41. The van der Waals surface area contributed by atoms with Gasteiger partial charge >= 0.3 is 6.03 Å². The first-order valence-corrected chi connectivity index (χ1v) is 14.7. The molecule has 0 spiro atoms. The molecule has 11 heteroatoms. The van der Waals surface area contributed by atoms with Gasteiger partial charge in [-0.3, -0.25) is 18.7 Å². The largest absolute Gasteiger partial charge is 0.494 e. The molecular weight excluding hydrogens is 565 g/mol. The molecule has 1 unspecified atom stereocenters. The molecule has 0 N–H and O–H groups in total. The van der Waals surface area contributed by atoms with Crippen molar-refractivity contribution in [2.45, 2.75) is 24.4 Å². The first-order chi connectivity index (χ1) is 20.2. The number of halogens is 3. The molecule has 7 nitrogen and oxygen atoms in total. The van der Waals surface area contributed by atoms with Gasteiger partial charge in [-0.2, -0.15) is 0 Å². The summed E-state index contributed by atoms with van der Waals surface area (Å²) in [6.07, 6.45) is 0.289. The lowest BCUT2D eigenvalue weighted by Gasteiger charge is -2.37. The topological polar surface area (TPSA) is 58.0 Å². The second kappa shape index (κ2) is 13.7. The molecule has 0 saturated carbocycles. The van der Waals surface area contributed by atoms with E-state index in [4.69, 9.17) is 4.74 Å². The number of aromatic nitrogens is 1. The van der Waals surface area contributed by atoms with Gasteiger partial charge in [0.2, 0.25) is 0 Å². The third-order valence-corrected chi connectivity index (χ3v) is 9.05. The maximum absolute atomic E-state index is 15.5. The van der Waals surface area contributed by atoms with Gasteiger partial charge in [-0.1, -0.05) is 30.3 Å². The van der Waals surface area contributed by atoms with Crippen LogP contribution in [0, 0.1) is 18.6 Å². The highest BCUT2D eigenvalue weighted by Crippen LogP contribution is 2.41. The Kier molecular flexibility index (Phi) is 10.3. The Morgan fingerprint density at radius 1 is 1.05 bits per heavy atom. The number of carbonyl (C=O) groups is 1. The molecule has 1 aromatic heterocycles. The zero-order valence-electron chi connectivity index (χ0n) is 24.6. The van der Waals surface area contributed by atoms with Gasteiger partial charge in [0.05, 0.1) is 30.9 Å². The fraction of sp³-hybridized carbons (Fsp3) is 0.419. The first kappa shape index (κ1) is 31.5. The lowest BCUT2D eigenvalue weighted by atomic mass is 9.94. The third kappa shape index (κ3) is 6.17. The van der Waals surface area contributed by atoms with E-state index in [1.54, 1.807) is 65.7 Å². The molecule has 2 amide bonds. The quantitative estimate of drug-likeness (QED) is 0.387. The second-order valence-electron chi connectivity index (χ2n) is 10.5. The van der Waals surface area contributed by atoms with Crippen molar-refractivity contribution in [3.8, 4) is 16.9 Å². The molecule has 1 fully saturated rings. The molecule has 3 aromatic rings. The fourth-order valence-corrected chi connectivity index (χ4v) is 7.00. The Bertz CT molecular complexity index is 1490. The highest BCUT2D eigenvalue weighted by molar-refractivity contribution is 7.99. The number of urea groups is 1. The van der Waals surface area contributed by atoms with E-state index in [1.807, 2.05) is 11.8 Å². The number of benzene rings is 2. The number of hydrogen-bond donors (Lipinski definition) is 0. The number of ether oxygens (including phenoxy) is 1. The van der Waals surface area contributed by atoms with Crippen LogP contribution in [0.1, 0.15) is 22.7 Å². The van der Waals surface area contributed by atoms with Gasteiger partial charge < -0.3 is 14.5 Å². The summed E-state index contributed by atoms with van der Waals surface area (Å²) in [7, 11) is 5.39. The summed E-state index contributed by atoms with van der Waals surface area (Å²) in [4.78, 5) is 32.2. The van der Waals surface area contributed by atoms with Crippen LogP contribution in [0.25, 0.3) is 11.1 Å². The van der Waals surface area contributed by atoms with E-state index in [0.717, 1.165) is 10.6 Å². The number of alkyl halides is 1. The molecule has 2 aliphatic heterocycles. The van der Waals surface area contributed by atoms with Gasteiger partial charge in [0.25, 0.3) is 5.56 Å². The van der Waals surface area contributed by atoms with Crippen molar-refractivity contribution in [3.63, 3.8) is 0 Å². The summed E-state index contributed by atoms with van der Waals surface area (Å²) in [5.41, 5.74) is 2.20. The van der Waals surface area contributed by atoms with Crippen molar-refractivity contribution in [1.82, 2.24) is 19.3 Å². The minimum atomic E-state index is -0.591. The van der Waals surface area contributed by atoms with Crippen LogP contribution in [0.5, 0.6) is 5.75 Å². The Morgan fingerprint density at radius 3 is 2.38 bits per heavy atom. The molecule has 2 aromatic carbocycles. The van der Waals surface area contributed by atoms with E-state index < -0.39 is 5.82 Å². The Hall–Kier alpha value is -3.44. The molecule has 3 heterocycles. The smallest absolute Gasteiger partial charge is 0.319 e. The zero-order chi connectivity index (χ0) is 30.6. The van der Waals surface area contributed by atoms with Crippen molar-refractivity contribution in [3.05, 3.63) is 81.1 Å². The van der Waals surface area contributed by atoms with Crippen LogP contribution >= 0.6 is 11.8 Å². The van der Waals surface area contributed by atoms with E-state index in [9.17, 15) is 18.4 Å². The van der Waals surface area contributed by atoms with Gasteiger partial charge in [-0.05, 0) is 35.7 Å². The number of fused-ring (bicyclic) bond motifs is 1. The summed E-state index contributed by atoms with van der Waals surface area (Å²) in [6, 6.07) is 11.3. The number of carbonyl (C=O) groups excluding carboxylic acids is 1. The molecule has 1 atom stereocenters. The molecule has 5 rings (SSSR count). The third-order valence-electron chi connectivity index (χ3n) is 7.79. The van der Waals surface area contributed by atoms with Gasteiger partial charge in [-0.25, -0.2) is 13.6 Å². The molecule has 0 bridgehead atoms. The minimum absolute atomic E-state index is 0.00384. The highest BCUT2D eigenvalue weighted by Gasteiger charge is 2.33. The molecular formula is C31H37F3N4O3S. The molecule has 0 aliphatic carbocycles. The van der Waals surface area contributed by atoms with Crippen molar-refractivity contribution < 1.29 is 22.7 Å². The molecule has 0 radical (unpaired) electrons. The fourth-order valence-electron chi connectivity index (χ4n) is 5.62. The van der Waals surface area contributed by atoms with E-state index >= 15 is 4.39 Å². The summed E-state index contributed by atoms with van der Waals surface area (Å²) in [5.74, 6) is -0.162. The SMILES string of the molecule is CF.COc1cccc(-c2c(C)c(Cc3ccccc3F)c3n(c2=O)C(CN2CCN(C(=O)N(C)C)CC2)CS3)c1F. The zero-order valence-corrected chi connectivity index (χ0v) is 25.4. The van der Waals surface area contributed by atoms with Crippen molar-refractivity contribution in [2.75, 3.05) is 66.9 Å². The van der Waals surface area contributed by atoms with Crippen LogP contribution in [0.15, 0.2) is 52.3 Å². The number of amides is 2. The number of methoxy groups -OCH3 is 1. The van der Waals surface area contributed by atoms with Crippen LogP contribution in [0.3, 0.4) is 0 Å². The van der Waals surface area contributed by atoms with Crippen LogP contribution in [-0.2, 0) is 6.42 Å². The maximum Gasteiger partial charge on any atom is 0.319 e. The second-order valence-corrected chi connectivity index (χ2v) is 11.5. The molecule has 42 heavy (non-hydrogen) atoms. The van der Waals surface area contributed by atoms with Crippen molar-refractivity contribution in [1.29, 1.82) is 0 Å². The van der Waals surface area contributed by atoms with Crippen LogP contribution in [-0.4, -0.2) is 92.2 Å². The number of piperazine rings is 1. The number of nitrogens with zero attached hydrogens (tertiary/aromatic N) is 4. The summed E-state index contributed by atoms with van der Waals surface area (Å²) in [5, 5.41) is 0.809. The van der Waals surface area contributed by atoms with Gasteiger partial charge in [0, 0.05) is 64.6 Å². The van der Waals surface area contributed by atoms with Crippen molar-refractivity contribution in [2.24, 2.45) is 0 Å². The predicted molar refractivity (Wildman–Crippen MR) is 160 cm³/mol. The van der Waals surface area contributed by atoms with Crippen LogP contribution in [0.4, 0.5) is 18.0 Å². The van der Waals surface area contributed by atoms with E-state index in [2.05, 4.69) is 4.90 Å². The lowest BCUT2D eigenvalue weighted by Crippen LogP contribution is -2.52. The molecule has 1 saturated heterocycles. The average molecular weight is 603 g/mol. The van der Waals surface area contributed by atoms with Crippen molar-refractivity contribution >= 4 is 17.8 Å². The number of hydrogen-bond acceptors (Lipinski definition) is 5. The summed E-state index contributed by atoms with van der Waals surface area (Å²) in [6.45, 7) is 5.09. The molecule has 226 valence electrons. The Balaban J connectivity index is 0.00000198. The van der Waals surface area contributed by atoms with Gasteiger partial charge in [0.1, 0.15) is 5.82 Å². The normalized spacial score (nSPS) is 16.5. The molecule has 2 aliphatic rings. The standard InChI is InChI=1S/C30H34F2N4O3S.CH3F/c1-19-23(16-20-8-5-6-10-24(20)31)29-36(28(37)26(19)22-9-7-11-25(39-4)27(22)32)21(18-40-29)17-34-12-14-35(15-13-34)30(38)33(2)3;1-2/h5-11,21H,12-18H2,1-4H3;1H3. The minimum Gasteiger partial charge on any atom is -0.494 e. The van der Waals surface area contributed by atoms with E-state index in [-0.39, 0.29) is 46.7 Å². The Labute approximate surface area is 248 Å². The van der Waals surface area contributed by atoms with E-state index in [0.29, 0.717) is 56.8 Å². The Morgan fingerprint density at radius 2 is 1.74 bits per heavy atom. The number of thioether (sulfide) groups is 1. The van der Waals surface area contributed by atoms with Crippen LogP contribution in [0.2, 0.25) is 0 Å². The predicted octanol–water partition coefficient (Wildman–Crippen LogP) is 5.23. The maximum atomic E-state index is 15.5.